The molecule has 32 heavy (non-hydrogen) atoms. The van der Waals surface area contributed by atoms with Gasteiger partial charge in [-0.15, -0.1) is 10.2 Å². The van der Waals surface area contributed by atoms with Gasteiger partial charge in [0.2, 0.25) is 0 Å². The number of carbonyl (C=O) groups excluding carboxylic acids is 1. The molecule has 3 aliphatic rings. The molecule has 0 aliphatic carbocycles. The van der Waals surface area contributed by atoms with Crippen molar-refractivity contribution < 1.29 is 14.3 Å². The summed E-state index contributed by atoms with van der Waals surface area (Å²) >= 11 is 0. The van der Waals surface area contributed by atoms with Crippen LogP contribution in [0, 0.1) is 0 Å². The molecule has 1 aromatic heterocycles. The third-order valence-electron chi connectivity index (χ3n) is 6.25. The lowest BCUT2D eigenvalue weighted by molar-refractivity contribution is 0.171. The van der Waals surface area contributed by atoms with Crippen molar-refractivity contribution in [1.29, 1.82) is 0 Å². The van der Waals surface area contributed by atoms with Gasteiger partial charge in [-0.1, -0.05) is 12.8 Å². The highest BCUT2D eigenvalue weighted by Crippen LogP contribution is 2.32. The van der Waals surface area contributed by atoms with Crippen molar-refractivity contribution in [1.82, 2.24) is 15.1 Å². The molecule has 4 heterocycles. The summed E-state index contributed by atoms with van der Waals surface area (Å²) < 4.78 is 11.1. The molecule has 0 saturated carbocycles. The zero-order chi connectivity index (χ0) is 21.8. The highest BCUT2D eigenvalue weighted by atomic mass is 16.6. The summed E-state index contributed by atoms with van der Waals surface area (Å²) in [5, 5.41) is 11.9. The molecule has 5 rings (SSSR count). The Morgan fingerprint density at radius 2 is 1.38 bits per heavy atom. The molecule has 9 nitrogen and oxygen atoms in total. The predicted molar refractivity (Wildman–Crippen MR) is 123 cm³/mol. The molecule has 2 amide bonds. The summed E-state index contributed by atoms with van der Waals surface area (Å²) in [6.07, 6.45) is 5.04. The number of amides is 2. The van der Waals surface area contributed by atoms with Gasteiger partial charge in [0.25, 0.3) is 0 Å². The average Bonchev–Trinajstić information content (AvgIpc) is 3.14. The number of anilines is 3. The monoisotopic (exact) mass is 438 g/mol. The Bertz CT molecular complexity index is 922. The van der Waals surface area contributed by atoms with Crippen LogP contribution in [-0.2, 0) is 0 Å². The van der Waals surface area contributed by atoms with Crippen LogP contribution in [0.3, 0.4) is 0 Å². The first-order valence-corrected chi connectivity index (χ1v) is 11.6. The number of fused-ring (bicyclic) bond motifs is 1. The van der Waals surface area contributed by atoms with E-state index in [1.165, 1.54) is 25.7 Å². The predicted octanol–water partition coefficient (Wildman–Crippen LogP) is 2.98. The van der Waals surface area contributed by atoms with E-state index in [0.717, 1.165) is 37.8 Å². The summed E-state index contributed by atoms with van der Waals surface area (Å²) in [6.45, 7) is 5.91. The van der Waals surface area contributed by atoms with Crippen LogP contribution in [0.5, 0.6) is 11.5 Å². The van der Waals surface area contributed by atoms with Crippen molar-refractivity contribution in [3.63, 3.8) is 0 Å². The molecular weight excluding hydrogens is 408 g/mol. The van der Waals surface area contributed by atoms with Crippen LogP contribution >= 0.6 is 0 Å². The van der Waals surface area contributed by atoms with Gasteiger partial charge in [-0.05, 0) is 37.1 Å². The van der Waals surface area contributed by atoms with Crippen LogP contribution < -0.4 is 24.6 Å². The van der Waals surface area contributed by atoms with Gasteiger partial charge in [-0.25, -0.2) is 4.79 Å². The Kier molecular flexibility index (Phi) is 6.13. The maximum absolute atomic E-state index is 12.7. The normalized spacial score (nSPS) is 18.8. The molecule has 0 unspecified atom stereocenters. The highest BCUT2D eigenvalue weighted by Gasteiger charge is 2.23. The van der Waals surface area contributed by atoms with E-state index in [0.29, 0.717) is 43.5 Å². The zero-order valence-corrected chi connectivity index (χ0v) is 18.3. The molecule has 0 atom stereocenters. The van der Waals surface area contributed by atoms with E-state index in [1.807, 2.05) is 23.1 Å². The van der Waals surface area contributed by atoms with E-state index in [4.69, 9.17) is 9.47 Å². The van der Waals surface area contributed by atoms with E-state index in [1.54, 1.807) is 0 Å². The van der Waals surface area contributed by atoms with Crippen LogP contribution in [0.15, 0.2) is 30.3 Å². The second-order valence-corrected chi connectivity index (χ2v) is 8.41. The number of ether oxygens (including phenoxy) is 2. The van der Waals surface area contributed by atoms with Crippen LogP contribution in [0.25, 0.3) is 0 Å². The molecule has 9 heteroatoms. The van der Waals surface area contributed by atoms with E-state index in [-0.39, 0.29) is 6.03 Å². The number of benzene rings is 1. The zero-order valence-electron chi connectivity index (χ0n) is 18.3. The summed E-state index contributed by atoms with van der Waals surface area (Å²) in [4.78, 5) is 19.1. The molecule has 1 N–H and O–H groups in total. The van der Waals surface area contributed by atoms with E-state index >= 15 is 0 Å². The van der Waals surface area contributed by atoms with Crippen molar-refractivity contribution in [2.45, 2.75) is 25.7 Å². The first kappa shape index (κ1) is 20.7. The van der Waals surface area contributed by atoms with Gasteiger partial charge in [0.05, 0.1) is 0 Å². The number of nitrogens with one attached hydrogen (secondary N) is 1. The van der Waals surface area contributed by atoms with Gasteiger partial charge in [-0.2, -0.15) is 0 Å². The van der Waals surface area contributed by atoms with Gasteiger partial charge < -0.3 is 29.5 Å². The first-order valence-electron chi connectivity index (χ1n) is 11.6. The average molecular weight is 439 g/mol. The summed E-state index contributed by atoms with van der Waals surface area (Å²) in [5.74, 6) is 3.22. The third kappa shape index (κ3) is 4.66. The number of nitrogens with zero attached hydrogens (tertiary/aromatic N) is 5. The summed E-state index contributed by atoms with van der Waals surface area (Å²) in [5.41, 5.74) is 0.705. The molecule has 170 valence electrons. The molecule has 2 saturated heterocycles. The molecular formula is C23H30N6O3. The summed E-state index contributed by atoms with van der Waals surface area (Å²) in [6, 6.07) is 9.50. The number of urea groups is 1. The fourth-order valence-electron chi connectivity index (χ4n) is 4.42. The third-order valence-corrected chi connectivity index (χ3v) is 6.25. The molecule has 0 radical (unpaired) electrons. The summed E-state index contributed by atoms with van der Waals surface area (Å²) in [7, 11) is 0. The number of hydrogen-bond donors (Lipinski definition) is 1. The van der Waals surface area contributed by atoms with Crippen LogP contribution in [0.2, 0.25) is 0 Å². The molecule has 3 aliphatic heterocycles. The van der Waals surface area contributed by atoms with Crippen molar-refractivity contribution in [2.24, 2.45) is 0 Å². The van der Waals surface area contributed by atoms with Gasteiger partial charge in [0, 0.05) is 51.0 Å². The Labute approximate surface area is 188 Å². The highest BCUT2D eigenvalue weighted by molar-refractivity contribution is 5.90. The Morgan fingerprint density at radius 1 is 0.750 bits per heavy atom. The van der Waals surface area contributed by atoms with Gasteiger partial charge in [-0.3, -0.25) is 0 Å². The lowest BCUT2D eigenvalue weighted by Gasteiger charge is -2.35. The minimum atomic E-state index is -0.107. The number of hydrogen-bond acceptors (Lipinski definition) is 7. The Balaban J connectivity index is 1.14. The van der Waals surface area contributed by atoms with Gasteiger partial charge >= 0.3 is 6.03 Å². The second-order valence-electron chi connectivity index (χ2n) is 8.41. The Morgan fingerprint density at radius 3 is 2.03 bits per heavy atom. The topological polar surface area (TPSA) is 83.1 Å². The first-order chi connectivity index (χ1) is 15.8. The maximum atomic E-state index is 12.7. The van der Waals surface area contributed by atoms with E-state index in [2.05, 4.69) is 37.4 Å². The van der Waals surface area contributed by atoms with Crippen LogP contribution in [0.1, 0.15) is 25.7 Å². The molecule has 1 aromatic carbocycles. The molecule has 2 fully saturated rings. The van der Waals surface area contributed by atoms with Crippen LogP contribution in [-0.4, -0.2) is 73.6 Å². The van der Waals surface area contributed by atoms with Crippen molar-refractivity contribution in [3.05, 3.63) is 30.3 Å². The fraction of sp³-hybridized carbons (Fsp3) is 0.522. The van der Waals surface area contributed by atoms with Gasteiger partial charge in [0.1, 0.15) is 13.2 Å². The smallest absolute Gasteiger partial charge is 0.321 e. The van der Waals surface area contributed by atoms with Gasteiger partial charge in [0.15, 0.2) is 23.1 Å². The van der Waals surface area contributed by atoms with Crippen molar-refractivity contribution in [2.75, 3.05) is 67.6 Å². The lowest BCUT2D eigenvalue weighted by atomic mass is 10.2. The minimum Gasteiger partial charge on any atom is -0.486 e. The number of rotatable bonds is 3. The number of piperazine rings is 1. The minimum absolute atomic E-state index is 0.107. The number of aromatic nitrogens is 2. The lowest BCUT2D eigenvalue weighted by Crippen LogP contribution is -2.50. The number of carbonyl (C=O) groups is 1. The molecule has 2 aromatic rings. The fourth-order valence-corrected chi connectivity index (χ4v) is 4.42. The van der Waals surface area contributed by atoms with E-state index in [9.17, 15) is 4.79 Å². The quantitative estimate of drug-likeness (QED) is 0.789. The maximum Gasteiger partial charge on any atom is 0.321 e. The molecule has 0 spiro atoms. The van der Waals surface area contributed by atoms with E-state index < -0.39 is 0 Å². The van der Waals surface area contributed by atoms with Crippen molar-refractivity contribution in [3.8, 4) is 11.5 Å². The Hall–Kier alpha value is -3.23. The SMILES string of the molecule is O=C(Nc1ccc2c(c1)OCCO2)N1CCN(c2ccc(N3CCCCCC3)nn2)CC1. The van der Waals surface area contributed by atoms with Crippen molar-refractivity contribution >= 4 is 23.4 Å². The van der Waals surface area contributed by atoms with Crippen LogP contribution in [0.4, 0.5) is 22.1 Å². The standard InChI is InChI=1S/C23H30N6O3/c30-23(24-18-5-6-19-20(17-18)32-16-15-31-19)29-13-11-28(12-14-29)22-8-7-21(25-26-22)27-9-3-1-2-4-10-27/h5-8,17H,1-4,9-16H2,(H,24,30). The second kappa shape index (κ2) is 9.50. The molecule has 0 bridgehead atoms. The largest absolute Gasteiger partial charge is 0.486 e.